The van der Waals surface area contributed by atoms with Crippen molar-refractivity contribution in [2.24, 2.45) is 11.3 Å². The molecular formula is C21H33N5O. The number of piperidine rings is 1. The normalized spacial score (nSPS) is 23.8. The Bertz CT molecular complexity index is 654. The van der Waals surface area contributed by atoms with Crippen molar-refractivity contribution in [1.82, 2.24) is 19.8 Å². The van der Waals surface area contributed by atoms with Crippen LogP contribution in [0.25, 0.3) is 0 Å². The first-order chi connectivity index (χ1) is 13.0. The summed E-state index contributed by atoms with van der Waals surface area (Å²) < 4.78 is 0. The summed E-state index contributed by atoms with van der Waals surface area (Å²) in [5.74, 6) is 2.42. The van der Waals surface area contributed by atoms with Crippen LogP contribution in [0.1, 0.15) is 51.8 Å². The number of nitrogens with zero attached hydrogens (tertiary/aromatic N) is 5. The van der Waals surface area contributed by atoms with E-state index in [-0.39, 0.29) is 5.91 Å². The third kappa shape index (κ3) is 3.82. The van der Waals surface area contributed by atoms with Gasteiger partial charge < -0.3 is 14.7 Å². The minimum absolute atomic E-state index is 0.229. The van der Waals surface area contributed by atoms with Crippen LogP contribution in [0.2, 0.25) is 0 Å². The lowest BCUT2D eigenvalue weighted by Crippen LogP contribution is -2.73. The molecule has 1 spiro atoms. The molecule has 0 saturated carbocycles. The van der Waals surface area contributed by atoms with E-state index in [9.17, 15) is 4.79 Å². The van der Waals surface area contributed by atoms with Crippen molar-refractivity contribution in [2.75, 3.05) is 50.7 Å². The molecule has 1 atom stereocenters. The highest BCUT2D eigenvalue weighted by atomic mass is 16.2. The van der Waals surface area contributed by atoms with E-state index in [0.29, 0.717) is 11.3 Å². The number of carbonyl (C=O) groups excluding carboxylic acids is 1. The molecule has 3 aliphatic heterocycles. The van der Waals surface area contributed by atoms with Gasteiger partial charge >= 0.3 is 0 Å². The van der Waals surface area contributed by atoms with E-state index in [0.717, 1.165) is 44.3 Å². The Labute approximate surface area is 162 Å². The minimum Gasteiger partial charge on any atom is -0.369 e. The summed E-state index contributed by atoms with van der Waals surface area (Å²) in [7, 11) is 0. The first-order valence-electron chi connectivity index (χ1n) is 10.5. The van der Waals surface area contributed by atoms with Gasteiger partial charge in [-0.3, -0.25) is 4.79 Å². The molecule has 6 heteroatoms. The summed E-state index contributed by atoms with van der Waals surface area (Å²) in [4.78, 5) is 27.5. The molecule has 0 N–H and O–H groups in total. The first kappa shape index (κ1) is 18.7. The van der Waals surface area contributed by atoms with E-state index < -0.39 is 0 Å². The van der Waals surface area contributed by atoms with E-state index in [1.807, 2.05) is 17.3 Å². The molecule has 1 aromatic heterocycles. The van der Waals surface area contributed by atoms with Crippen LogP contribution in [0, 0.1) is 11.3 Å². The van der Waals surface area contributed by atoms with E-state index in [1.165, 1.54) is 38.2 Å². The van der Waals surface area contributed by atoms with Gasteiger partial charge in [0.05, 0.1) is 18.1 Å². The number of rotatable bonds is 5. The maximum absolute atomic E-state index is 11.4. The Morgan fingerprint density at radius 3 is 2.37 bits per heavy atom. The summed E-state index contributed by atoms with van der Waals surface area (Å²) in [5, 5.41) is 0. The molecule has 1 amide bonds. The highest BCUT2D eigenvalue weighted by molar-refractivity contribution is 5.74. The van der Waals surface area contributed by atoms with E-state index in [4.69, 9.17) is 0 Å². The Hall–Kier alpha value is -1.69. The van der Waals surface area contributed by atoms with Crippen LogP contribution in [0.5, 0.6) is 0 Å². The van der Waals surface area contributed by atoms with Gasteiger partial charge in [0, 0.05) is 64.1 Å². The molecule has 27 heavy (non-hydrogen) atoms. The molecule has 3 fully saturated rings. The standard InChI is InChI=1S/C21H33N5O/c1-4-16(2)20-22-9-19(10-23-20)25-7-5-18(6-8-25)11-24-12-21(13-24)14-26(15-21)17(3)27/h9-10,16,18H,4-8,11-15H2,1-3H3. The molecule has 3 saturated heterocycles. The Morgan fingerprint density at radius 2 is 1.81 bits per heavy atom. The zero-order valence-corrected chi connectivity index (χ0v) is 17.0. The van der Waals surface area contributed by atoms with Crippen molar-refractivity contribution in [2.45, 2.75) is 46.0 Å². The van der Waals surface area contributed by atoms with Crippen LogP contribution in [0.3, 0.4) is 0 Å². The molecule has 1 unspecified atom stereocenters. The third-order valence-electron chi connectivity index (χ3n) is 6.82. The second-order valence-corrected chi connectivity index (χ2v) is 9.08. The fraction of sp³-hybridized carbons (Fsp3) is 0.762. The number of aromatic nitrogens is 2. The second kappa shape index (κ2) is 7.38. The predicted octanol–water partition coefficient (Wildman–Crippen LogP) is 2.37. The number of carbonyl (C=O) groups is 1. The average Bonchev–Trinajstić information content (AvgIpc) is 2.62. The molecule has 0 bridgehead atoms. The van der Waals surface area contributed by atoms with Gasteiger partial charge in [0.25, 0.3) is 0 Å². The van der Waals surface area contributed by atoms with Gasteiger partial charge in [-0.1, -0.05) is 13.8 Å². The van der Waals surface area contributed by atoms with Crippen molar-refractivity contribution < 1.29 is 4.79 Å². The van der Waals surface area contributed by atoms with Crippen LogP contribution in [0.4, 0.5) is 5.69 Å². The van der Waals surface area contributed by atoms with Gasteiger partial charge in [-0.2, -0.15) is 0 Å². The Morgan fingerprint density at radius 1 is 1.19 bits per heavy atom. The molecule has 0 aromatic carbocycles. The summed E-state index contributed by atoms with van der Waals surface area (Å²) in [6.07, 6.45) is 7.58. The molecule has 0 aliphatic carbocycles. The van der Waals surface area contributed by atoms with Gasteiger partial charge in [-0.25, -0.2) is 9.97 Å². The largest absolute Gasteiger partial charge is 0.369 e. The SMILES string of the molecule is CCC(C)c1ncc(N2CCC(CN3CC4(C3)CN(C(C)=O)C4)CC2)cn1. The number of anilines is 1. The number of amides is 1. The van der Waals surface area contributed by atoms with Crippen molar-refractivity contribution in [3.8, 4) is 0 Å². The van der Waals surface area contributed by atoms with Crippen molar-refractivity contribution in [3.63, 3.8) is 0 Å². The van der Waals surface area contributed by atoms with Gasteiger partial charge in [0.15, 0.2) is 0 Å². The highest BCUT2D eigenvalue weighted by Crippen LogP contribution is 2.40. The lowest BCUT2D eigenvalue weighted by atomic mass is 9.72. The average molecular weight is 372 g/mol. The summed E-state index contributed by atoms with van der Waals surface area (Å²) in [5.41, 5.74) is 1.60. The maximum Gasteiger partial charge on any atom is 0.219 e. The van der Waals surface area contributed by atoms with Gasteiger partial charge in [-0.15, -0.1) is 0 Å². The summed E-state index contributed by atoms with van der Waals surface area (Å²) in [6, 6.07) is 0. The first-order valence-corrected chi connectivity index (χ1v) is 10.5. The van der Waals surface area contributed by atoms with Crippen molar-refractivity contribution in [3.05, 3.63) is 18.2 Å². The van der Waals surface area contributed by atoms with Crippen LogP contribution in [-0.4, -0.2) is 71.5 Å². The number of likely N-dealkylation sites (tertiary alicyclic amines) is 2. The molecule has 3 aliphatic rings. The number of hydrogen-bond acceptors (Lipinski definition) is 5. The molecule has 4 rings (SSSR count). The van der Waals surface area contributed by atoms with Crippen LogP contribution in [0.15, 0.2) is 12.4 Å². The lowest BCUT2D eigenvalue weighted by Gasteiger charge is -2.60. The van der Waals surface area contributed by atoms with Gasteiger partial charge in [0.2, 0.25) is 5.91 Å². The lowest BCUT2D eigenvalue weighted by molar-refractivity contribution is -0.157. The quantitative estimate of drug-likeness (QED) is 0.795. The Kier molecular flexibility index (Phi) is 5.10. The molecule has 0 radical (unpaired) electrons. The van der Waals surface area contributed by atoms with Gasteiger partial charge in [0.1, 0.15) is 5.82 Å². The zero-order chi connectivity index (χ0) is 19.0. The predicted molar refractivity (Wildman–Crippen MR) is 107 cm³/mol. The smallest absolute Gasteiger partial charge is 0.219 e. The number of hydrogen-bond donors (Lipinski definition) is 0. The zero-order valence-electron chi connectivity index (χ0n) is 17.0. The summed E-state index contributed by atoms with van der Waals surface area (Å²) in [6.45, 7) is 13.8. The maximum atomic E-state index is 11.4. The van der Waals surface area contributed by atoms with Crippen LogP contribution < -0.4 is 4.90 Å². The van der Waals surface area contributed by atoms with E-state index >= 15 is 0 Å². The van der Waals surface area contributed by atoms with Gasteiger partial charge in [-0.05, 0) is 25.2 Å². The molecule has 6 nitrogen and oxygen atoms in total. The van der Waals surface area contributed by atoms with Crippen LogP contribution >= 0.6 is 0 Å². The Balaban J connectivity index is 1.19. The van der Waals surface area contributed by atoms with E-state index in [2.05, 4.69) is 33.6 Å². The fourth-order valence-electron chi connectivity index (χ4n) is 4.89. The molecule has 1 aromatic rings. The fourth-order valence-corrected chi connectivity index (χ4v) is 4.89. The third-order valence-corrected chi connectivity index (χ3v) is 6.82. The summed E-state index contributed by atoms with van der Waals surface area (Å²) >= 11 is 0. The molecule has 148 valence electrons. The molecule has 4 heterocycles. The monoisotopic (exact) mass is 371 g/mol. The van der Waals surface area contributed by atoms with E-state index in [1.54, 1.807) is 6.92 Å². The second-order valence-electron chi connectivity index (χ2n) is 9.08. The van der Waals surface area contributed by atoms with Crippen molar-refractivity contribution in [1.29, 1.82) is 0 Å². The van der Waals surface area contributed by atoms with Crippen molar-refractivity contribution >= 4 is 11.6 Å². The van der Waals surface area contributed by atoms with Crippen LogP contribution in [-0.2, 0) is 4.79 Å². The topological polar surface area (TPSA) is 52.6 Å². The molecular weight excluding hydrogens is 338 g/mol. The minimum atomic E-state index is 0.229. The highest BCUT2D eigenvalue weighted by Gasteiger charge is 2.52.